The van der Waals surface area contributed by atoms with Crippen LogP contribution in [0.5, 0.6) is 17.2 Å². The number of anilines is 1. The van der Waals surface area contributed by atoms with Crippen LogP contribution in [0.15, 0.2) is 36.4 Å². The molecular weight excluding hydrogens is 308 g/mol. The number of nitrogens with one attached hydrogen (secondary N) is 1. The molecule has 0 bridgehead atoms. The Bertz CT molecular complexity index is 719. The van der Waals surface area contributed by atoms with E-state index in [9.17, 15) is 18.7 Å². The van der Waals surface area contributed by atoms with E-state index in [1.54, 1.807) is 13.0 Å². The number of benzene rings is 2. The van der Waals surface area contributed by atoms with Gasteiger partial charge in [0.15, 0.2) is 11.5 Å². The van der Waals surface area contributed by atoms with E-state index in [1.165, 1.54) is 37.4 Å². The summed E-state index contributed by atoms with van der Waals surface area (Å²) in [7, 11) is 1.32. The summed E-state index contributed by atoms with van der Waals surface area (Å²) in [5, 5.41) is 12.3. The van der Waals surface area contributed by atoms with Crippen LogP contribution in [0, 0.1) is 6.92 Å². The second-order valence-electron chi connectivity index (χ2n) is 4.72. The van der Waals surface area contributed by atoms with Crippen molar-refractivity contribution in [1.29, 1.82) is 0 Å². The topological polar surface area (TPSA) is 67.8 Å². The number of ether oxygens (including phenoxy) is 2. The molecule has 2 aromatic carbocycles. The molecule has 1 amide bonds. The van der Waals surface area contributed by atoms with Gasteiger partial charge in [-0.25, -0.2) is 0 Å². The van der Waals surface area contributed by atoms with Crippen LogP contribution in [-0.2, 0) is 0 Å². The fourth-order valence-electron chi connectivity index (χ4n) is 1.97. The fraction of sp³-hybridized carbons (Fsp3) is 0.188. The van der Waals surface area contributed by atoms with Crippen molar-refractivity contribution in [3.05, 3.63) is 47.5 Å². The quantitative estimate of drug-likeness (QED) is 0.883. The summed E-state index contributed by atoms with van der Waals surface area (Å²) in [6.45, 7) is -1.24. The average Bonchev–Trinajstić information content (AvgIpc) is 2.46. The lowest BCUT2D eigenvalue weighted by Crippen LogP contribution is -2.12. The van der Waals surface area contributed by atoms with Crippen molar-refractivity contribution in [3.63, 3.8) is 0 Å². The molecule has 0 saturated heterocycles. The summed E-state index contributed by atoms with van der Waals surface area (Å²) in [4.78, 5) is 12.1. The third kappa shape index (κ3) is 4.09. The number of aryl methyl sites for hydroxylation is 1. The number of alkyl halides is 2. The van der Waals surface area contributed by atoms with Crippen molar-refractivity contribution >= 4 is 11.6 Å². The van der Waals surface area contributed by atoms with Crippen LogP contribution >= 0.6 is 0 Å². The van der Waals surface area contributed by atoms with Gasteiger partial charge in [0, 0.05) is 11.8 Å². The molecule has 0 atom stereocenters. The second-order valence-corrected chi connectivity index (χ2v) is 4.72. The molecule has 2 rings (SSSR count). The summed E-state index contributed by atoms with van der Waals surface area (Å²) in [5.41, 5.74) is 1.10. The predicted octanol–water partition coefficient (Wildman–Crippen LogP) is 3.56. The number of carbonyl (C=O) groups excluding carboxylic acids is 1. The van der Waals surface area contributed by atoms with Crippen molar-refractivity contribution in [3.8, 4) is 17.2 Å². The van der Waals surface area contributed by atoms with Gasteiger partial charge in [-0.2, -0.15) is 8.78 Å². The van der Waals surface area contributed by atoms with Crippen LogP contribution in [0.2, 0.25) is 0 Å². The number of halogens is 2. The fourth-order valence-corrected chi connectivity index (χ4v) is 1.97. The minimum atomic E-state index is -3.02. The Morgan fingerprint density at radius 1 is 1.17 bits per heavy atom. The minimum absolute atomic E-state index is 0.0720. The van der Waals surface area contributed by atoms with Crippen LogP contribution in [0.25, 0.3) is 0 Å². The molecule has 7 heteroatoms. The summed E-state index contributed by atoms with van der Waals surface area (Å²) >= 11 is 0. The summed E-state index contributed by atoms with van der Waals surface area (Å²) < 4.78 is 34.0. The lowest BCUT2D eigenvalue weighted by Gasteiger charge is -2.12. The van der Waals surface area contributed by atoms with E-state index in [1.807, 2.05) is 0 Å². The average molecular weight is 323 g/mol. The highest BCUT2D eigenvalue weighted by Crippen LogP contribution is 2.32. The van der Waals surface area contributed by atoms with Gasteiger partial charge in [0.05, 0.1) is 12.7 Å². The molecule has 122 valence electrons. The van der Waals surface area contributed by atoms with Gasteiger partial charge in [0.1, 0.15) is 5.75 Å². The monoisotopic (exact) mass is 323 g/mol. The van der Waals surface area contributed by atoms with Gasteiger partial charge < -0.3 is 19.9 Å². The standard InChI is InChI=1S/C16H15F2NO4/c1-9-3-5-11(12(20)7-9)15(21)19-10-4-6-13(22-2)14(8-10)23-16(17)18/h3-8,16,20H,1-2H3,(H,19,21). The first-order chi connectivity index (χ1) is 10.9. The summed E-state index contributed by atoms with van der Waals surface area (Å²) in [6.07, 6.45) is 0. The number of phenols is 1. The number of hydrogen-bond acceptors (Lipinski definition) is 4. The van der Waals surface area contributed by atoms with Gasteiger partial charge in [-0.15, -0.1) is 0 Å². The molecule has 0 aromatic heterocycles. The van der Waals surface area contributed by atoms with Crippen LogP contribution in [0.3, 0.4) is 0 Å². The number of carbonyl (C=O) groups is 1. The highest BCUT2D eigenvalue weighted by atomic mass is 19.3. The number of phenolic OH excluding ortho intramolecular Hbond substituents is 1. The van der Waals surface area contributed by atoms with Crippen LogP contribution < -0.4 is 14.8 Å². The third-order valence-electron chi connectivity index (χ3n) is 3.04. The molecule has 0 radical (unpaired) electrons. The lowest BCUT2D eigenvalue weighted by atomic mass is 10.1. The zero-order chi connectivity index (χ0) is 17.0. The molecule has 0 saturated carbocycles. The van der Waals surface area contributed by atoms with Crippen molar-refractivity contribution < 1.29 is 28.2 Å². The first-order valence-corrected chi connectivity index (χ1v) is 6.64. The summed E-state index contributed by atoms with van der Waals surface area (Å²) in [6, 6.07) is 8.68. The molecule has 0 spiro atoms. The molecule has 23 heavy (non-hydrogen) atoms. The van der Waals surface area contributed by atoms with Crippen LogP contribution in [-0.4, -0.2) is 24.7 Å². The van der Waals surface area contributed by atoms with E-state index in [0.29, 0.717) is 0 Å². The zero-order valence-corrected chi connectivity index (χ0v) is 12.5. The molecule has 0 aliphatic carbocycles. The largest absolute Gasteiger partial charge is 0.507 e. The van der Waals surface area contributed by atoms with Crippen LogP contribution in [0.1, 0.15) is 15.9 Å². The van der Waals surface area contributed by atoms with Crippen molar-refractivity contribution in [2.75, 3.05) is 12.4 Å². The molecule has 0 aliphatic heterocycles. The normalized spacial score (nSPS) is 10.5. The van der Waals surface area contributed by atoms with E-state index in [2.05, 4.69) is 10.1 Å². The maximum Gasteiger partial charge on any atom is 0.387 e. The first-order valence-electron chi connectivity index (χ1n) is 6.64. The van der Waals surface area contributed by atoms with Crippen LogP contribution in [0.4, 0.5) is 14.5 Å². The SMILES string of the molecule is COc1ccc(NC(=O)c2ccc(C)cc2O)cc1OC(F)F. The number of methoxy groups -OCH3 is 1. The number of aromatic hydroxyl groups is 1. The number of hydrogen-bond donors (Lipinski definition) is 2. The molecular formula is C16H15F2NO4. The number of rotatable bonds is 5. The van der Waals surface area contributed by atoms with Crippen molar-refractivity contribution in [2.45, 2.75) is 13.5 Å². The van der Waals surface area contributed by atoms with E-state index in [4.69, 9.17) is 4.74 Å². The highest BCUT2D eigenvalue weighted by molar-refractivity contribution is 6.06. The Hall–Kier alpha value is -2.83. The summed E-state index contributed by atoms with van der Waals surface area (Å²) in [5.74, 6) is -0.828. The van der Waals surface area contributed by atoms with Gasteiger partial charge >= 0.3 is 6.61 Å². The van der Waals surface area contributed by atoms with Gasteiger partial charge in [-0.05, 0) is 36.8 Å². The molecule has 2 aromatic rings. The maximum absolute atomic E-state index is 12.4. The van der Waals surface area contributed by atoms with Crippen molar-refractivity contribution in [1.82, 2.24) is 0 Å². The highest BCUT2D eigenvalue weighted by Gasteiger charge is 2.15. The van der Waals surface area contributed by atoms with E-state index < -0.39 is 12.5 Å². The number of amides is 1. The Labute approximate surface area is 131 Å². The Balaban J connectivity index is 2.23. The van der Waals surface area contributed by atoms with Gasteiger partial charge in [-0.3, -0.25) is 4.79 Å². The Morgan fingerprint density at radius 3 is 2.52 bits per heavy atom. The predicted molar refractivity (Wildman–Crippen MR) is 80.4 cm³/mol. The van der Waals surface area contributed by atoms with Gasteiger partial charge in [-0.1, -0.05) is 6.07 Å². The molecule has 0 fully saturated rings. The van der Waals surface area contributed by atoms with E-state index in [-0.39, 0.29) is 28.5 Å². The lowest BCUT2D eigenvalue weighted by molar-refractivity contribution is -0.0511. The van der Waals surface area contributed by atoms with E-state index >= 15 is 0 Å². The van der Waals surface area contributed by atoms with Crippen molar-refractivity contribution in [2.24, 2.45) is 0 Å². The Kier molecular flexibility index (Phi) is 5.00. The third-order valence-corrected chi connectivity index (χ3v) is 3.04. The van der Waals surface area contributed by atoms with Gasteiger partial charge in [0.25, 0.3) is 5.91 Å². The minimum Gasteiger partial charge on any atom is -0.507 e. The maximum atomic E-state index is 12.4. The molecule has 0 aliphatic rings. The molecule has 0 unspecified atom stereocenters. The van der Waals surface area contributed by atoms with Gasteiger partial charge in [0.2, 0.25) is 0 Å². The smallest absolute Gasteiger partial charge is 0.387 e. The molecule has 5 nitrogen and oxygen atoms in total. The zero-order valence-electron chi connectivity index (χ0n) is 12.5. The molecule has 2 N–H and O–H groups in total. The molecule has 0 heterocycles. The first kappa shape index (κ1) is 16.5. The Morgan fingerprint density at radius 2 is 1.91 bits per heavy atom. The van der Waals surface area contributed by atoms with E-state index in [0.717, 1.165) is 5.56 Å². The second kappa shape index (κ2) is 6.95.